The molecule has 0 radical (unpaired) electrons. The molecule has 3 rings (SSSR count). The van der Waals surface area contributed by atoms with Crippen molar-refractivity contribution in [3.63, 3.8) is 0 Å². The molecule has 0 saturated carbocycles. The molecular weight excluding hydrogens is 506 g/mol. The summed E-state index contributed by atoms with van der Waals surface area (Å²) < 4.78 is 15.5. The number of ether oxygens (including phenoxy) is 1. The fourth-order valence-corrected chi connectivity index (χ4v) is 6.03. The van der Waals surface area contributed by atoms with Crippen LogP contribution in [-0.2, 0) is 29.2 Å². The van der Waals surface area contributed by atoms with Gasteiger partial charge in [-0.1, -0.05) is 38.4 Å². The van der Waals surface area contributed by atoms with Crippen molar-refractivity contribution in [2.75, 3.05) is 20.3 Å². The minimum absolute atomic E-state index is 0.0107. The molecule has 1 aromatic carbocycles. The first-order chi connectivity index (χ1) is 17.3. The van der Waals surface area contributed by atoms with Crippen LogP contribution in [0.1, 0.15) is 61.1 Å². The van der Waals surface area contributed by atoms with Gasteiger partial charge in [0.2, 0.25) is 0 Å². The maximum atomic E-state index is 13.2. The van der Waals surface area contributed by atoms with E-state index in [-0.39, 0.29) is 11.6 Å². The van der Waals surface area contributed by atoms with Gasteiger partial charge in [0.25, 0.3) is 0 Å². The van der Waals surface area contributed by atoms with Crippen molar-refractivity contribution in [2.24, 2.45) is 7.05 Å². The quantitative estimate of drug-likeness (QED) is 0.179. The Hall–Kier alpha value is -2.13. The lowest BCUT2D eigenvalue weighted by Crippen LogP contribution is -2.41. The van der Waals surface area contributed by atoms with Gasteiger partial charge < -0.3 is 18.8 Å². The summed E-state index contributed by atoms with van der Waals surface area (Å²) >= 11 is 6.86. The highest BCUT2D eigenvalue weighted by Crippen LogP contribution is 2.42. The van der Waals surface area contributed by atoms with E-state index >= 15 is 0 Å². The largest absolute Gasteiger partial charge is 0.464 e. The fourth-order valence-electron chi connectivity index (χ4n) is 4.69. The second-order valence-corrected chi connectivity index (χ2v) is 16.5. The molecule has 0 amide bonds. The molecule has 2 heterocycles. The Morgan fingerprint density at radius 3 is 2.38 bits per heavy atom. The predicted molar refractivity (Wildman–Crippen MR) is 153 cm³/mol. The fraction of sp³-hybridized carbons (Fsp3) is 0.571. The van der Waals surface area contributed by atoms with E-state index in [2.05, 4.69) is 39.0 Å². The first-order valence-corrected chi connectivity index (χ1v) is 16.2. The maximum absolute atomic E-state index is 13.2. The number of hydrogen-bond acceptors (Lipinski definition) is 5. The average Bonchev–Trinajstić information content (AvgIpc) is 3.26. The number of benzene rings is 1. The third-order valence-electron chi connectivity index (χ3n) is 7.80. The molecule has 204 valence electrons. The molecule has 0 aliphatic heterocycles. The van der Waals surface area contributed by atoms with Crippen LogP contribution >= 0.6 is 11.6 Å². The standard InChI is InChI=1S/C28H42ClN3O4Si/c1-18-23(19(2)31(6)30-18)24-22(29)14-13-21-20(12-10-17-36-37(8,9)28(3,4)5)26(27(34)35-7)32(25(21)24)15-11-16-33/h13-14,33H,10-12,15-17H2,1-9H3. The van der Waals surface area contributed by atoms with Crippen molar-refractivity contribution in [3.05, 3.63) is 39.8 Å². The number of aliphatic hydroxyl groups excluding tert-OH is 1. The monoisotopic (exact) mass is 547 g/mol. The maximum Gasteiger partial charge on any atom is 0.354 e. The molecule has 0 aliphatic rings. The summed E-state index contributed by atoms with van der Waals surface area (Å²) in [5.74, 6) is -0.392. The van der Waals surface area contributed by atoms with Crippen molar-refractivity contribution in [1.29, 1.82) is 0 Å². The van der Waals surface area contributed by atoms with Crippen LogP contribution in [-0.4, -0.2) is 54.1 Å². The molecule has 0 bridgehead atoms. The molecule has 0 aliphatic carbocycles. The zero-order valence-electron chi connectivity index (χ0n) is 23.8. The lowest BCUT2D eigenvalue weighted by molar-refractivity contribution is 0.0586. The summed E-state index contributed by atoms with van der Waals surface area (Å²) in [6.07, 6.45) is 1.94. The Labute approximate surface area is 226 Å². The zero-order chi connectivity index (χ0) is 27.7. The van der Waals surface area contributed by atoms with Crippen molar-refractivity contribution in [3.8, 4) is 11.1 Å². The van der Waals surface area contributed by atoms with Crippen molar-refractivity contribution < 1.29 is 19.1 Å². The van der Waals surface area contributed by atoms with E-state index in [4.69, 9.17) is 20.8 Å². The summed E-state index contributed by atoms with van der Waals surface area (Å²) in [5.41, 5.74) is 6.00. The number of fused-ring (bicyclic) bond motifs is 1. The number of carbonyl (C=O) groups is 1. The van der Waals surface area contributed by atoms with E-state index in [1.807, 2.05) is 42.3 Å². The first-order valence-electron chi connectivity index (χ1n) is 12.9. The SMILES string of the molecule is COC(=O)c1c(CCCO[Si](C)(C)C(C)(C)C)c2ccc(Cl)c(-c3c(C)nn(C)c3C)c2n1CCCO. The van der Waals surface area contributed by atoms with E-state index in [1.54, 1.807) is 0 Å². The number of halogens is 1. The lowest BCUT2D eigenvalue weighted by Gasteiger charge is -2.36. The first kappa shape index (κ1) is 29.4. The van der Waals surface area contributed by atoms with Crippen molar-refractivity contribution >= 4 is 36.8 Å². The van der Waals surface area contributed by atoms with Gasteiger partial charge in [0.1, 0.15) is 5.69 Å². The Morgan fingerprint density at radius 2 is 1.84 bits per heavy atom. The number of aryl methyl sites for hydroxylation is 4. The van der Waals surface area contributed by atoms with Gasteiger partial charge in [-0.15, -0.1) is 0 Å². The molecule has 0 fully saturated rings. The summed E-state index contributed by atoms with van der Waals surface area (Å²) in [6, 6.07) is 3.90. The second-order valence-electron chi connectivity index (χ2n) is 11.2. The topological polar surface area (TPSA) is 78.5 Å². The normalized spacial score (nSPS) is 12.5. The van der Waals surface area contributed by atoms with Crippen molar-refractivity contribution in [1.82, 2.24) is 14.3 Å². The van der Waals surface area contributed by atoms with Gasteiger partial charge in [0, 0.05) is 49.0 Å². The highest BCUT2D eigenvalue weighted by molar-refractivity contribution is 6.74. The predicted octanol–water partition coefficient (Wildman–Crippen LogP) is 6.44. The number of methoxy groups -OCH3 is 1. The van der Waals surface area contributed by atoms with Gasteiger partial charge in [0.05, 0.1) is 23.3 Å². The van der Waals surface area contributed by atoms with Crippen LogP contribution in [0, 0.1) is 13.8 Å². The molecule has 7 nitrogen and oxygen atoms in total. The van der Waals surface area contributed by atoms with Crippen LogP contribution in [0.15, 0.2) is 12.1 Å². The summed E-state index contributed by atoms with van der Waals surface area (Å²) in [6.45, 7) is 16.3. The van der Waals surface area contributed by atoms with Gasteiger partial charge >= 0.3 is 5.97 Å². The number of nitrogens with zero attached hydrogens (tertiary/aromatic N) is 3. The number of aromatic nitrogens is 3. The third-order valence-corrected chi connectivity index (χ3v) is 12.6. The van der Waals surface area contributed by atoms with Crippen molar-refractivity contribution in [2.45, 2.75) is 78.6 Å². The molecule has 0 unspecified atom stereocenters. The van der Waals surface area contributed by atoms with E-state index in [1.165, 1.54) is 7.11 Å². The number of hydrogen-bond donors (Lipinski definition) is 1. The number of esters is 1. The molecule has 0 spiro atoms. The highest BCUT2D eigenvalue weighted by Gasteiger charge is 2.37. The zero-order valence-corrected chi connectivity index (χ0v) is 25.5. The molecular formula is C28H42ClN3O4Si. The number of carbonyl (C=O) groups excluding carboxylic acids is 1. The number of rotatable bonds is 10. The van der Waals surface area contributed by atoms with Gasteiger partial charge in [-0.05, 0) is 62.9 Å². The van der Waals surface area contributed by atoms with Gasteiger partial charge in [-0.3, -0.25) is 4.68 Å². The van der Waals surface area contributed by atoms with Crippen LogP contribution in [0.2, 0.25) is 23.2 Å². The smallest absolute Gasteiger partial charge is 0.354 e. The Balaban J connectivity index is 2.20. The van der Waals surface area contributed by atoms with E-state index in [9.17, 15) is 9.90 Å². The van der Waals surface area contributed by atoms with Gasteiger partial charge in [0.15, 0.2) is 8.32 Å². The molecule has 3 aromatic rings. The molecule has 0 atom stereocenters. The van der Waals surface area contributed by atoms with E-state index < -0.39 is 14.3 Å². The minimum atomic E-state index is -1.87. The van der Waals surface area contributed by atoms with Crippen LogP contribution in [0.5, 0.6) is 0 Å². The average molecular weight is 548 g/mol. The Bertz CT molecular complexity index is 1290. The molecule has 0 saturated heterocycles. The van der Waals surface area contributed by atoms with E-state index in [0.29, 0.717) is 36.7 Å². The molecule has 9 heteroatoms. The van der Waals surface area contributed by atoms with Crippen LogP contribution < -0.4 is 0 Å². The number of aliphatic hydroxyl groups is 1. The molecule has 1 N–H and O–H groups in total. The third kappa shape index (κ3) is 5.67. The van der Waals surface area contributed by atoms with E-state index in [0.717, 1.165) is 45.4 Å². The highest BCUT2D eigenvalue weighted by atomic mass is 35.5. The van der Waals surface area contributed by atoms with Gasteiger partial charge in [-0.25, -0.2) is 4.79 Å². The molecule has 37 heavy (non-hydrogen) atoms. The van der Waals surface area contributed by atoms with Crippen LogP contribution in [0.4, 0.5) is 0 Å². The summed E-state index contributed by atoms with van der Waals surface area (Å²) in [7, 11) is 1.45. The molecule has 2 aromatic heterocycles. The summed E-state index contributed by atoms with van der Waals surface area (Å²) in [5, 5.41) is 16.0. The Morgan fingerprint density at radius 1 is 1.16 bits per heavy atom. The minimum Gasteiger partial charge on any atom is -0.464 e. The summed E-state index contributed by atoms with van der Waals surface area (Å²) in [4.78, 5) is 13.2. The van der Waals surface area contributed by atoms with Crippen LogP contribution in [0.25, 0.3) is 22.0 Å². The van der Waals surface area contributed by atoms with Gasteiger partial charge in [-0.2, -0.15) is 5.10 Å². The lowest BCUT2D eigenvalue weighted by atomic mass is 9.98. The Kier molecular flexibility index (Phi) is 9.00. The second kappa shape index (κ2) is 11.3. The van der Waals surface area contributed by atoms with Crippen LogP contribution in [0.3, 0.4) is 0 Å².